The molecule has 4 nitrogen and oxygen atoms in total. The molecule has 3 atom stereocenters. The van der Waals surface area contributed by atoms with Crippen LogP contribution in [0.15, 0.2) is 18.3 Å². The molecule has 2 fully saturated rings. The highest BCUT2D eigenvalue weighted by Gasteiger charge is 2.30. The quantitative estimate of drug-likeness (QED) is 0.908. The summed E-state index contributed by atoms with van der Waals surface area (Å²) in [5, 5.41) is 0. The molecule has 0 bridgehead atoms. The Morgan fingerprint density at radius 3 is 2.43 bits per heavy atom. The summed E-state index contributed by atoms with van der Waals surface area (Å²) >= 11 is 0. The lowest BCUT2D eigenvalue weighted by molar-refractivity contribution is 0.103. The second-order valence-electron chi connectivity index (χ2n) is 6.89. The Morgan fingerprint density at radius 2 is 1.81 bits per heavy atom. The van der Waals surface area contributed by atoms with Gasteiger partial charge in [0.15, 0.2) is 0 Å². The zero-order chi connectivity index (χ0) is 14.8. The van der Waals surface area contributed by atoms with Gasteiger partial charge in [0.1, 0.15) is 5.82 Å². The van der Waals surface area contributed by atoms with Crippen LogP contribution < -0.4 is 10.6 Å². The highest BCUT2D eigenvalue weighted by Crippen LogP contribution is 2.32. The second kappa shape index (κ2) is 6.22. The van der Waals surface area contributed by atoms with Crippen LogP contribution in [0.4, 0.5) is 11.5 Å². The van der Waals surface area contributed by atoms with Crippen molar-refractivity contribution in [2.24, 2.45) is 11.8 Å². The van der Waals surface area contributed by atoms with Crippen molar-refractivity contribution in [1.29, 1.82) is 0 Å². The number of piperazine rings is 1. The molecular formula is C17H28N4. The first-order valence-electron chi connectivity index (χ1n) is 8.34. The minimum Gasteiger partial charge on any atom is -0.384 e. The molecule has 1 saturated carbocycles. The van der Waals surface area contributed by atoms with Gasteiger partial charge in [-0.1, -0.05) is 13.8 Å². The Hall–Kier alpha value is -1.29. The van der Waals surface area contributed by atoms with Gasteiger partial charge in [-0.3, -0.25) is 4.90 Å². The van der Waals surface area contributed by atoms with Crippen molar-refractivity contribution in [1.82, 2.24) is 9.88 Å². The standard InChI is InChI=1S/C17H28N4/c1-13-3-4-15(11-14(13)2)20-7-9-21(10-8-20)16-5-6-17(18)19-12-16/h5-6,12-15H,3-4,7-11H2,1-2H3,(H2,18,19). The number of nitrogen functional groups attached to an aromatic ring is 1. The van der Waals surface area contributed by atoms with Crippen molar-refractivity contribution in [2.45, 2.75) is 39.2 Å². The first-order valence-corrected chi connectivity index (χ1v) is 8.34. The van der Waals surface area contributed by atoms with Crippen LogP contribution in [-0.4, -0.2) is 42.1 Å². The van der Waals surface area contributed by atoms with E-state index in [0.717, 1.165) is 31.0 Å². The van der Waals surface area contributed by atoms with Crippen LogP contribution in [-0.2, 0) is 0 Å². The topological polar surface area (TPSA) is 45.4 Å². The smallest absolute Gasteiger partial charge is 0.123 e. The fourth-order valence-electron chi connectivity index (χ4n) is 3.78. The fourth-order valence-corrected chi connectivity index (χ4v) is 3.78. The molecule has 1 aromatic heterocycles. The molecule has 1 saturated heterocycles. The van der Waals surface area contributed by atoms with E-state index in [9.17, 15) is 0 Å². The lowest BCUT2D eigenvalue weighted by Gasteiger charge is -2.44. The monoisotopic (exact) mass is 288 g/mol. The van der Waals surface area contributed by atoms with Gasteiger partial charge < -0.3 is 10.6 Å². The maximum absolute atomic E-state index is 5.66. The molecule has 2 aliphatic rings. The molecule has 3 unspecified atom stereocenters. The van der Waals surface area contributed by atoms with Gasteiger partial charge in [0.05, 0.1) is 11.9 Å². The molecule has 0 amide bonds. The third-order valence-corrected chi connectivity index (χ3v) is 5.54. The fraction of sp³-hybridized carbons (Fsp3) is 0.706. The van der Waals surface area contributed by atoms with Crippen molar-refractivity contribution in [2.75, 3.05) is 36.8 Å². The summed E-state index contributed by atoms with van der Waals surface area (Å²) in [6, 6.07) is 4.79. The van der Waals surface area contributed by atoms with Crippen LogP contribution in [0.5, 0.6) is 0 Å². The first kappa shape index (κ1) is 14.6. The average molecular weight is 288 g/mol. The second-order valence-corrected chi connectivity index (χ2v) is 6.89. The molecule has 1 aliphatic heterocycles. The summed E-state index contributed by atoms with van der Waals surface area (Å²) in [6.07, 6.45) is 6.06. The molecule has 2 N–H and O–H groups in total. The third-order valence-electron chi connectivity index (χ3n) is 5.54. The molecule has 1 aromatic rings. The lowest BCUT2D eigenvalue weighted by atomic mass is 9.78. The van der Waals surface area contributed by atoms with Gasteiger partial charge >= 0.3 is 0 Å². The number of rotatable bonds is 2. The highest BCUT2D eigenvalue weighted by molar-refractivity contribution is 5.48. The molecule has 116 valence electrons. The van der Waals surface area contributed by atoms with E-state index in [-0.39, 0.29) is 0 Å². The van der Waals surface area contributed by atoms with Crippen molar-refractivity contribution in [3.8, 4) is 0 Å². The molecule has 0 aromatic carbocycles. The van der Waals surface area contributed by atoms with Gasteiger partial charge in [0, 0.05) is 32.2 Å². The summed E-state index contributed by atoms with van der Waals surface area (Å²) < 4.78 is 0. The maximum Gasteiger partial charge on any atom is 0.123 e. The first-order chi connectivity index (χ1) is 10.1. The zero-order valence-corrected chi connectivity index (χ0v) is 13.3. The largest absolute Gasteiger partial charge is 0.384 e. The SMILES string of the molecule is CC1CCC(N2CCN(c3ccc(N)nc3)CC2)CC1C. The predicted molar refractivity (Wildman–Crippen MR) is 88.4 cm³/mol. The van der Waals surface area contributed by atoms with Crippen molar-refractivity contribution < 1.29 is 0 Å². The Balaban J connectivity index is 1.54. The Labute approximate surface area is 128 Å². The molecular weight excluding hydrogens is 260 g/mol. The molecule has 2 heterocycles. The Bertz CT molecular complexity index is 450. The van der Waals surface area contributed by atoms with Gasteiger partial charge in [0.25, 0.3) is 0 Å². The van der Waals surface area contributed by atoms with Crippen molar-refractivity contribution in [3.63, 3.8) is 0 Å². The van der Waals surface area contributed by atoms with E-state index in [1.807, 2.05) is 12.3 Å². The number of hydrogen-bond acceptors (Lipinski definition) is 4. The van der Waals surface area contributed by atoms with E-state index in [0.29, 0.717) is 5.82 Å². The molecule has 4 heteroatoms. The van der Waals surface area contributed by atoms with Crippen LogP contribution in [0.25, 0.3) is 0 Å². The summed E-state index contributed by atoms with van der Waals surface area (Å²) in [7, 11) is 0. The van der Waals surface area contributed by atoms with E-state index >= 15 is 0 Å². The van der Waals surface area contributed by atoms with Crippen LogP contribution in [0.2, 0.25) is 0 Å². The summed E-state index contributed by atoms with van der Waals surface area (Å²) in [5.74, 6) is 2.38. The predicted octanol–water partition coefficient (Wildman–Crippen LogP) is 2.61. The molecule has 1 aliphatic carbocycles. The van der Waals surface area contributed by atoms with Gasteiger partial charge in [-0.05, 0) is 43.2 Å². The van der Waals surface area contributed by atoms with Crippen molar-refractivity contribution >= 4 is 11.5 Å². The number of nitrogens with two attached hydrogens (primary N) is 1. The average Bonchev–Trinajstić information content (AvgIpc) is 2.51. The van der Waals surface area contributed by atoms with E-state index in [4.69, 9.17) is 5.73 Å². The maximum atomic E-state index is 5.66. The van der Waals surface area contributed by atoms with Crippen molar-refractivity contribution in [3.05, 3.63) is 18.3 Å². The number of aromatic nitrogens is 1. The Morgan fingerprint density at radius 1 is 1.05 bits per heavy atom. The van der Waals surface area contributed by atoms with Gasteiger partial charge in [-0.15, -0.1) is 0 Å². The molecule has 21 heavy (non-hydrogen) atoms. The molecule has 0 radical (unpaired) electrons. The van der Waals surface area contributed by atoms with E-state index in [1.54, 1.807) is 0 Å². The molecule has 3 rings (SSSR count). The minimum atomic E-state index is 0.600. The summed E-state index contributed by atoms with van der Waals surface area (Å²) in [6.45, 7) is 9.39. The Kier molecular flexibility index (Phi) is 4.34. The van der Waals surface area contributed by atoms with Gasteiger partial charge in [-0.25, -0.2) is 4.98 Å². The van der Waals surface area contributed by atoms with Crippen LogP contribution in [0, 0.1) is 11.8 Å². The lowest BCUT2D eigenvalue weighted by Crippen LogP contribution is -2.51. The highest BCUT2D eigenvalue weighted by atomic mass is 15.3. The van der Waals surface area contributed by atoms with E-state index < -0.39 is 0 Å². The third kappa shape index (κ3) is 3.31. The zero-order valence-electron chi connectivity index (χ0n) is 13.3. The number of nitrogens with zero attached hydrogens (tertiary/aromatic N) is 3. The number of hydrogen-bond donors (Lipinski definition) is 1. The van der Waals surface area contributed by atoms with Gasteiger partial charge in [0.2, 0.25) is 0 Å². The summed E-state index contributed by atoms with van der Waals surface area (Å²) in [5.41, 5.74) is 6.87. The normalized spacial score (nSPS) is 31.3. The van der Waals surface area contributed by atoms with E-state index in [1.165, 1.54) is 38.0 Å². The van der Waals surface area contributed by atoms with Crippen LogP contribution in [0.3, 0.4) is 0 Å². The van der Waals surface area contributed by atoms with Crippen LogP contribution in [0.1, 0.15) is 33.1 Å². The minimum absolute atomic E-state index is 0.600. The van der Waals surface area contributed by atoms with Gasteiger partial charge in [-0.2, -0.15) is 0 Å². The van der Waals surface area contributed by atoms with Crippen LogP contribution >= 0.6 is 0 Å². The number of anilines is 2. The number of pyridine rings is 1. The summed E-state index contributed by atoms with van der Waals surface area (Å²) in [4.78, 5) is 9.34. The molecule has 0 spiro atoms. The van der Waals surface area contributed by atoms with E-state index in [2.05, 4.69) is 34.7 Å².